The lowest BCUT2D eigenvalue weighted by molar-refractivity contribution is -0.115. The molecule has 2 aromatic rings. The fourth-order valence-corrected chi connectivity index (χ4v) is 2.00. The van der Waals surface area contributed by atoms with Crippen molar-refractivity contribution in [2.75, 3.05) is 11.1 Å². The molecule has 0 unspecified atom stereocenters. The molecule has 3 N–H and O–H groups in total. The first kappa shape index (κ1) is 13.1. The van der Waals surface area contributed by atoms with Crippen LogP contribution < -0.4 is 11.1 Å². The van der Waals surface area contributed by atoms with Gasteiger partial charge in [-0.1, -0.05) is 35.9 Å². The number of hydrogen-bond acceptors (Lipinski definition) is 2. The molecule has 3 nitrogen and oxygen atoms in total. The predicted molar refractivity (Wildman–Crippen MR) is 79.1 cm³/mol. The summed E-state index contributed by atoms with van der Waals surface area (Å²) in [6.07, 6.45) is 0.356. The quantitative estimate of drug-likeness (QED) is 0.827. The molecule has 0 aliphatic carbocycles. The van der Waals surface area contributed by atoms with Crippen LogP contribution in [0.25, 0.3) is 0 Å². The molecule has 0 bridgehead atoms. The van der Waals surface area contributed by atoms with Crippen LogP contribution in [0.4, 0.5) is 11.4 Å². The largest absolute Gasteiger partial charge is 0.397 e. The molecule has 0 atom stereocenters. The maximum absolute atomic E-state index is 12.0. The maximum Gasteiger partial charge on any atom is 0.228 e. The first-order valence-electron chi connectivity index (χ1n) is 6.26. The lowest BCUT2D eigenvalue weighted by atomic mass is 10.1. The molecular formula is C16H18N2O. The molecule has 2 rings (SSSR count). The van der Waals surface area contributed by atoms with Gasteiger partial charge in [-0.2, -0.15) is 0 Å². The molecule has 3 heteroatoms. The molecule has 98 valence electrons. The summed E-state index contributed by atoms with van der Waals surface area (Å²) in [5, 5.41) is 2.84. The average Bonchev–Trinajstić information content (AvgIpc) is 2.33. The van der Waals surface area contributed by atoms with Gasteiger partial charge in [0.1, 0.15) is 0 Å². The molecule has 0 aliphatic rings. The smallest absolute Gasteiger partial charge is 0.228 e. The van der Waals surface area contributed by atoms with E-state index in [0.717, 1.165) is 16.7 Å². The Kier molecular flexibility index (Phi) is 3.85. The minimum atomic E-state index is -0.0545. The predicted octanol–water partition coefficient (Wildman–Crippen LogP) is 3.07. The first-order chi connectivity index (χ1) is 9.04. The summed E-state index contributed by atoms with van der Waals surface area (Å²) in [6.45, 7) is 3.98. The Hall–Kier alpha value is -2.29. The highest BCUT2D eigenvalue weighted by molar-refractivity contribution is 5.95. The molecule has 0 radical (unpaired) electrons. The van der Waals surface area contributed by atoms with Crippen molar-refractivity contribution >= 4 is 17.3 Å². The zero-order valence-corrected chi connectivity index (χ0v) is 11.2. The Bertz CT molecular complexity index is 605. The number of nitrogen functional groups attached to an aromatic ring is 1. The van der Waals surface area contributed by atoms with Crippen LogP contribution >= 0.6 is 0 Å². The summed E-state index contributed by atoms with van der Waals surface area (Å²) in [5.41, 5.74) is 10.4. The van der Waals surface area contributed by atoms with Crippen molar-refractivity contribution in [2.24, 2.45) is 0 Å². The van der Waals surface area contributed by atoms with Gasteiger partial charge in [-0.25, -0.2) is 0 Å². The van der Waals surface area contributed by atoms with Crippen LogP contribution in [0.3, 0.4) is 0 Å². The second kappa shape index (κ2) is 5.57. The fourth-order valence-electron chi connectivity index (χ4n) is 2.00. The molecule has 0 saturated heterocycles. The van der Waals surface area contributed by atoms with Crippen LogP contribution in [0.1, 0.15) is 16.7 Å². The van der Waals surface area contributed by atoms with Gasteiger partial charge in [0.2, 0.25) is 5.91 Å². The molecule has 19 heavy (non-hydrogen) atoms. The van der Waals surface area contributed by atoms with E-state index in [1.807, 2.05) is 56.3 Å². The van der Waals surface area contributed by atoms with E-state index in [9.17, 15) is 4.79 Å². The Balaban J connectivity index is 2.05. The molecule has 2 aromatic carbocycles. The minimum absolute atomic E-state index is 0.0545. The van der Waals surface area contributed by atoms with Gasteiger partial charge in [-0.15, -0.1) is 0 Å². The number of carbonyl (C=O) groups is 1. The number of hydrogen-bond donors (Lipinski definition) is 2. The van der Waals surface area contributed by atoms with Crippen LogP contribution in [0, 0.1) is 13.8 Å². The Morgan fingerprint density at radius 1 is 1.11 bits per heavy atom. The highest BCUT2D eigenvalue weighted by Gasteiger charge is 2.06. The van der Waals surface area contributed by atoms with E-state index in [1.54, 1.807) is 0 Å². The van der Waals surface area contributed by atoms with E-state index in [1.165, 1.54) is 0 Å². The Morgan fingerprint density at radius 3 is 2.53 bits per heavy atom. The van der Waals surface area contributed by atoms with E-state index < -0.39 is 0 Å². The van der Waals surface area contributed by atoms with E-state index in [0.29, 0.717) is 17.8 Å². The third-order valence-corrected chi connectivity index (χ3v) is 2.93. The summed E-state index contributed by atoms with van der Waals surface area (Å²) in [7, 11) is 0. The summed E-state index contributed by atoms with van der Waals surface area (Å²) < 4.78 is 0. The van der Waals surface area contributed by atoms with Gasteiger partial charge in [-0.05, 0) is 37.1 Å². The normalized spacial score (nSPS) is 10.2. The van der Waals surface area contributed by atoms with Gasteiger partial charge in [0.15, 0.2) is 0 Å². The Labute approximate surface area is 113 Å². The number of nitrogens with two attached hydrogens (primary N) is 1. The van der Waals surface area contributed by atoms with Crippen LogP contribution in [0.2, 0.25) is 0 Å². The zero-order valence-electron chi connectivity index (χ0n) is 11.2. The lowest BCUT2D eigenvalue weighted by Gasteiger charge is -2.09. The third kappa shape index (κ3) is 3.58. The number of nitrogens with one attached hydrogen (secondary N) is 1. The number of carbonyl (C=O) groups excluding carboxylic acids is 1. The second-order valence-electron chi connectivity index (χ2n) is 4.80. The maximum atomic E-state index is 12.0. The third-order valence-electron chi connectivity index (χ3n) is 2.93. The summed E-state index contributed by atoms with van der Waals surface area (Å²) in [5.74, 6) is -0.0545. The van der Waals surface area contributed by atoms with Crippen molar-refractivity contribution in [1.29, 1.82) is 0 Å². The first-order valence-corrected chi connectivity index (χ1v) is 6.26. The topological polar surface area (TPSA) is 55.1 Å². The standard InChI is InChI=1S/C16H18N2O/c1-11-4-3-5-13(8-11)10-16(19)18-15-7-6-12(2)9-14(15)17/h3-9H,10,17H2,1-2H3,(H,18,19). The van der Waals surface area contributed by atoms with Crippen LogP contribution in [-0.2, 0) is 11.2 Å². The molecule has 0 aromatic heterocycles. The second-order valence-corrected chi connectivity index (χ2v) is 4.80. The summed E-state index contributed by atoms with van der Waals surface area (Å²) >= 11 is 0. The number of rotatable bonds is 3. The van der Waals surface area contributed by atoms with Crippen molar-refractivity contribution in [2.45, 2.75) is 20.3 Å². The van der Waals surface area contributed by atoms with Crippen molar-refractivity contribution in [3.63, 3.8) is 0 Å². The molecule has 0 heterocycles. The van der Waals surface area contributed by atoms with E-state index in [4.69, 9.17) is 5.73 Å². The van der Waals surface area contributed by atoms with Crippen molar-refractivity contribution in [3.05, 3.63) is 59.2 Å². The van der Waals surface area contributed by atoms with Crippen LogP contribution in [-0.4, -0.2) is 5.91 Å². The number of benzene rings is 2. The van der Waals surface area contributed by atoms with Gasteiger partial charge in [0, 0.05) is 0 Å². The van der Waals surface area contributed by atoms with Gasteiger partial charge < -0.3 is 11.1 Å². The lowest BCUT2D eigenvalue weighted by Crippen LogP contribution is -2.15. The number of aryl methyl sites for hydroxylation is 2. The fraction of sp³-hybridized carbons (Fsp3) is 0.188. The van der Waals surface area contributed by atoms with E-state index in [2.05, 4.69) is 5.32 Å². The molecule has 0 aliphatic heterocycles. The summed E-state index contributed by atoms with van der Waals surface area (Å²) in [4.78, 5) is 12.0. The van der Waals surface area contributed by atoms with Gasteiger partial charge in [0.25, 0.3) is 0 Å². The monoisotopic (exact) mass is 254 g/mol. The van der Waals surface area contributed by atoms with Crippen molar-refractivity contribution < 1.29 is 4.79 Å². The van der Waals surface area contributed by atoms with Gasteiger partial charge in [-0.3, -0.25) is 4.79 Å². The Morgan fingerprint density at radius 2 is 1.84 bits per heavy atom. The van der Waals surface area contributed by atoms with E-state index >= 15 is 0 Å². The van der Waals surface area contributed by atoms with Gasteiger partial charge in [0.05, 0.1) is 17.8 Å². The number of anilines is 2. The van der Waals surface area contributed by atoms with Crippen LogP contribution in [0.15, 0.2) is 42.5 Å². The number of amides is 1. The van der Waals surface area contributed by atoms with Gasteiger partial charge >= 0.3 is 0 Å². The van der Waals surface area contributed by atoms with E-state index in [-0.39, 0.29) is 5.91 Å². The molecular weight excluding hydrogens is 236 g/mol. The molecule has 0 saturated carbocycles. The molecule has 0 spiro atoms. The minimum Gasteiger partial charge on any atom is -0.397 e. The van der Waals surface area contributed by atoms with Crippen molar-refractivity contribution in [1.82, 2.24) is 0 Å². The highest BCUT2D eigenvalue weighted by atomic mass is 16.1. The highest BCUT2D eigenvalue weighted by Crippen LogP contribution is 2.19. The van der Waals surface area contributed by atoms with Crippen LogP contribution in [0.5, 0.6) is 0 Å². The SMILES string of the molecule is Cc1cccc(CC(=O)Nc2ccc(C)cc2N)c1. The molecule has 0 fully saturated rings. The van der Waals surface area contributed by atoms with Crippen molar-refractivity contribution in [3.8, 4) is 0 Å². The summed E-state index contributed by atoms with van der Waals surface area (Å²) in [6, 6.07) is 13.5. The molecule has 1 amide bonds. The average molecular weight is 254 g/mol. The zero-order chi connectivity index (χ0) is 13.8.